The summed E-state index contributed by atoms with van der Waals surface area (Å²) in [6.07, 6.45) is 0.177. The predicted molar refractivity (Wildman–Crippen MR) is 77.7 cm³/mol. The second kappa shape index (κ2) is 6.33. The highest BCUT2D eigenvalue weighted by Gasteiger charge is 2.17. The normalized spacial score (nSPS) is 13.1. The molecule has 0 saturated heterocycles. The third-order valence-corrected chi connectivity index (χ3v) is 4.01. The highest BCUT2D eigenvalue weighted by atomic mass is 32.2. The van der Waals surface area contributed by atoms with Gasteiger partial charge in [0.1, 0.15) is 5.60 Å². The number of benzene rings is 1. The second-order valence-electron chi connectivity index (χ2n) is 5.63. The number of hydrogen-bond acceptors (Lipinski definition) is 3. The molecular weight excluding hydrogens is 260 g/mol. The Morgan fingerprint density at radius 3 is 2.37 bits per heavy atom. The Kier molecular flexibility index (Phi) is 5.29. The first-order valence-corrected chi connectivity index (χ1v) is 7.68. The Hall–Kier alpha value is -1.16. The van der Waals surface area contributed by atoms with Gasteiger partial charge in [-0.2, -0.15) is 0 Å². The van der Waals surface area contributed by atoms with E-state index in [0.29, 0.717) is 5.75 Å². The van der Waals surface area contributed by atoms with Crippen LogP contribution in [-0.4, -0.2) is 21.5 Å². The van der Waals surface area contributed by atoms with Gasteiger partial charge in [0.15, 0.2) is 0 Å². The molecule has 0 fully saturated rings. The van der Waals surface area contributed by atoms with Gasteiger partial charge in [-0.1, -0.05) is 6.07 Å². The molecule has 1 rings (SSSR count). The Morgan fingerprint density at radius 1 is 1.21 bits per heavy atom. The second-order valence-corrected chi connectivity index (χ2v) is 7.20. The van der Waals surface area contributed by atoms with E-state index in [1.165, 1.54) is 5.56 Å². The molecule has 0 aliphatic carbocycles. The van der Waals surface area contributed by atoms with E-state index < -0.39 is 16.4 Å². The molecule has 0 N–H and O–H groups in total. The zero-order valence-corrected chi connectivity index (χ0v) is 13.1. The third-order valence-electron chi connectivity index (χ3n) is 2.65. The van der Waals surface area contributed by atoms with E-state index in [4.69, 9.17) is 4.74 Å². The number of ether oxygens (including phenoxy) is 1. The van der Waals surface area contributed by atoms with Crippen molar-refractivity contribution in [1.82, 2.24) is 0 Å². The zero-order valence-electron chi connectivity index (χ0n) is 12.3. The highest BCUT2D eigenvalue weighted by Crippen LogP contribution is 2.15. The lowest BCUT2D eigenvalue weighted by Gasteiger charge is -2.19. The molecule has 0 spiro atoms. The van der Waals surface area contributed by atoms with Gasteiger partial charge in [-0.05, 0) is 57.9 Å². The quantitative estimate of drug-likeness (QED) is 0.797. The van der Waals surface area contributed by atoms with Gasteiger partial charge in [-0.15, -0.1) is 0 Å². The molecule has 3 nitrogen and oxygen atoms in total. The van der Waals surface area contributed by atoms with Crippen LogP contribution in [0.3, 0.4) is 0 Å². The number of carbonyl (C=O) groups excluding carboxylic acids is 1. The van der Waals surface area contributed by atoms with Gasteiger partial charge in [0.2, 0.25) is 0 Å². The van der Waals surface area contributed by atoms with Crippen LogP contribution in [0, 0.1) is 13.8 Å². The zero-order chi connectivity index (χ0) is 14.6. The largest absolute Gasteiger partial charge is 0.460 e. The Balaban J connectivity index is 2.56. The lowest BCUT2D eigenvalue weighted by molar-refractivity contribution is -0.154. The van der Waals surface area contributed by atoms with Crippen molar-refractivity contribution in [3.8, 4) is 0 Å². The topological polar surface area (TPSA) is 43.4 Å². The fourth-order valence-corrected chi connectivity index (χ4v) is 2.66. The van der Waals surface area contributed by atoms with Crippen molar-refractivity contribution >= 4 is 16.8 Å². The molecular formula is C15H22O3S. The summed E-state index contributed by atoms with van der Waals surface area (Å²) in [6.45, 7) is 9.48. The summed E-state index contributed by atoms with van der Waals surface area (Å²) < 4.78 is 17.3. The maximum Gasteiger partial charge on any atom is 0.307 e. The number of hydrogen-bond donors (Lipinski definition) is 0. The van der Waals surface area contributed by atoms with Crippen LogP contribution in [0.2, 0.25) is 0 Å². The lowest BCUT2D eigenvalue weighted by atomic mass is 10.1. The van der Waals surface area contributed by atoms with Crippen LogP contribution in [-0.2, 0) is 20.3 Å². The third kappa shape index (κ3) is 5.55. The fourth-order valence-electron chi connectivity index (χ4n) is 1.54. The molecule has 0 aliphatic rings. The molecule has 0 aliphatic heterocycles. The minimum atomic E-state index is -1.15. The van der Waals surface area contributed by atoms with E-state index in [-0.39, 0.29) is 12.4 Å². The van der Waals surface area contributed by atoms with Crippen LogP contribution in [0.5, 0.6) is 0 Å². The summed E-state index contributed by atoms with van der Waals surface area (Å²) in [5.74, 6) is 0.00177. The predicted octanol–water partition coefficient (Wildman–Crippen LogP) is 3.14. The van der Waals surface area contributed by atoms with Crippen LogP contribution < -0.4 is 0 Å². The Morgan fingerprint density at radius 2 is 1.84 bits per heavy atom. The van der Waals surface area contributed by atoms with Gasteiger partial charge < -0.3 is 4.74 Å². The standard InChI is InChI=1S/C15H22O3S/c1-11-6-7-13(10-12(11)2)19(17)9-8-14(16)18-15(3,4)5/h6-7,10H,8-9H2,1-5H3. The van der Waals surface area contributed by atoms with Crippen LogP contribution in [0.4, 0.5) is 0 Å². The van der Waals surface area contributed by atoms with Crippen LogP contribution in [0.25, 0.3) is 0 Å². The number of aryl methyl sites for hydroxylation is 2. The van der Waals surface area contributed by atoms with Crippen molar-refractivity contribution in [2.45, 2.75) is 51.5 Å². The monoisotopic (exact) mass is 282 g/mol. The smallest absolute Gasteiger partial charge is 0.307 e. The minimum Gasteiger partial charge on any atom is -0.460 e. The fraction of sp³-hybridized carbons (Fsp3) is 0.533. The summed E-state index contributed by atoms with van der Waals surface area (Å²) in [6, 6.07) is 5.73. The lowest BCUT2D eigenvalue weighted by Crippen LogP contribution is -2.24. The number of esters is 1. The van der Waals surface area contributed by atoms with Gasteiger partial charge >= 0.3 is 5.97 Å². The van der Waals surface area contributed by atoms with Crippen molar-refractivity contribution < 1.29 is 13.7 Å². The number of carbonyl (C=O) groups is 1. The molecule has 4 heteroatoms. The average Bonchev–Trinajstić information content (AvgIpc) is 2.27. The van der Waals surface area contributed by atoms with Gasteiger partial charge in [0, 0.05) is 10.6 Å². The SMILES string of the molecule is Cc1ccc(S(=O)CCC(=O)OC(C)(C)C)cc1C. The summed E-state index contributed by atoms with van der Waals surface area (Å²) in [5, 5.41) is 0. The molecule has 0 bridgehead atoms. The first-order chi connectivity index (χ1) is 8.69. The molecule has 1 aromatic rings. The maximum absolute atomic E-state index is 12.1. The molecule has 19 heavy (non-hydrogen) atoms. The van der Waals surface area contributed by atoms with Crippen molar-refractivity contribution in [2.24, 2.45) is 0 Å². The Labute approximate surface area is 117 Å². The average molecular weight is 282 g/mol. The molecule has 0 aromatic heterocycles. The summed E-state index contributed by atoms with van der Waals surface area (Å²) >= 11 is 0. The molecule has 0 heterocycles. The molecule has 0 radical (unpaired) electrons. The molecule has 1 aromatic carbocycles. The maximum atomic E-state index is 12.1. The van der Waals surface area contributed by atoms with Crippen molar-refractivity contribution in [2.75, 3.05) is 5.75 Å². The molecule has 1 unspecified atom stereocenters. The van der Waals surface area contributed by atoms with E-state index in [2.05, 4.69) is 0 Å². The van der Waals surface area contributed by atoms with E-state index >= 15 is 0 Å². The van der Waals surface area contributed by atoms with Gasteiger partial charge in [-0.3, -0.25) is 9.00 Å². The number of rotatable bonds is 4. The van der Waals surface area contributed by atoms with Crippen LogP contribution >= 0.6 is 0 Å². The Bertz CT molecular complexity index is 487. The van der Waals surface area contributed by atoms with Crippen LogP contribution in [0.15, 0.2) is 23.1 Å². The first-order valence-electron chi connectivity index (χ1n) is 6.36. The first kappa shape index (κ1) is 15.9. The summed E-state index contributed by atoms with van der Waals surface area (Å²) in [5.41, 5.74) is 1.80. The highest BCUT2D eigenvalue weighted by molar-refractivity contribution is 7.85. The summed E-state index contributed by atoms with van der Waals surface area (Å²) in [7, 11) is -1.15. The van der Waals surface area contributed by atoms with E-state index in [0.717, 1.165) is 10.5 Å². The molecule has 106 valence electrons. The van der Waals surface area contributed by atoms with Gasteiger partial charge in [-0.25, -0.2) is 0 Å². The van der Waals surface area contributed by atoms with E-state index in [1.807, 2.05) is 52.8 Å². The van der Waals surface area contributed by atoms with Crippen LogP contribution in [0.1, 0.15) is 38.3 Å². The molecule has 1 atom stereocenters. The van der Waals surface area contributed by atoms with Crippen molar-refractivity contribution in [3.63, 3.8) is 0 Å². The van der Waals surface area contributed by atoms with E-state index in [9.17, 15) is 9.00 Å². The van der Waals surface area contributed by atoms with Crippen molar-refractivity contribution in [3.05, 3.63) is 29.3 Å². The molecule has 0 amide bonds. The van der Waals surface area contributed by atoms with Crippen molar-refractivity contribution in [1.29, 1.82) is 0 Å². The minimum absolute atomic E-state index is 0.177. The van der Waals surface area contributed by atoms with E-state index in [1.54, 1.807) is 0 Å². The molecule has 0 saturated carbocycles. The summed E-state index contributed by atoms with van der Waals surface area (Å²) in [4.78, 5) is 12.3. The van der Waals surface area contributed by atoms with Gasteiger partial charge in [0.05, 0.1) is 17.2 Å². The van der Waals surface area contributed by atoms with Gasteiger partial charge in [0.25, 0.3) is 0 Å².